The van der Waals surface area contributed by atoms with Gasteiger partial charge in [0.15, 0.2) is 11.5 Å². The highest BCUT2D eigenvalue weighted by Crippen LogP contribution is 2.29. The lowest BCUT2D eigenvalue weighted by atomic mass is 10.1. The molecule has 2 aromatic rings. The molecule has 0 spiro atoms. The largest absolute Gasteiger partial charge is 0.504 e. The minimum atomic E-state index is -0.744. The van der Waals surface area contributed by atoms with Gasteiger partial charge in [-0.05, 0) is 18.2 Å². The van der Waals surface area contributed by atoms with Crippen molar-refractivity contribution in [3.8, 4) is 17.2 Å². The number of phenolic OH excluding ortho intramolecular Hbond substituents is 1. The summed E-state index contributed by atoms with van der Waals surface area (Å²) in [5.74, 6) is -1.05. The number of para-hydroxylation sites is 3. The fourth-order valence-electron chi connectivity index (χ4n) is 1.81. The summed E-state index contributed by atoms with van der Waals surface area (Å²) in [4.78, 5) is 23.7. The molecular weight excluding hydrogens is 332 g/mol. The normalized spacial score (nSPS) is 9.54. The standard InChI is InChI=1S/C18H16O5.ClH/c1-3-17(20)22-15-10-6-4-8-13(15)12(2)18(21)23-16-11-7-5-9-14(16)19;/h4-11,19H,2-3H2,1H3;1H. The van der Waals surface area contributed by atoms with E-state index < -0.39 is 11.9 Å². The van der Waals surface area contributed by atoms with E-state index >= 15 is 0 Å². The predicted octanol–water partition coefficient (Wildman–Crippen LogP) is 3.75. The Kier molecular flexibility index (Phi) is 7.01. The maximum atomic E-state index is 12.2. The van der Waals surface area contributed by atoms with Crippen LogP contribution in [0.25, 0.3) is 5.57 Å². The Morgan fingerprint density at radius 1 is 1.00 bits per heavy atom. The summed E-state index contributed by atoms with van der Waals surface area (Å²) in [6.45, 7) is 5.37. The Morgan fingerprint density at radius 3 is 2.21 bits per heavy atom. The van der Waals surface area contributed by atoms with Crippen LogP contribution in [0.4, 0.5) is 0 Å². The molecule has 5 nitrogen and oxygen atoms in total. The Balaban J connectivity index is 0.00000288. The van der Waals surface area contributed by atoms with Crippen molar-refractivity contribution in [3.63, 3.8) is 0 Å². The minimum absolute atomic E-state index is 0. The summed E-state index contributed by atoms with van der Waals surface area (Å²) < 4.78 is 10.3. The van der Waals surface area contributed by atoms with Gasteiger partial charge in [0.2, 0.25) is 0 Å². The van der Waals surface area contributed by atoms with Gasteiger partial charge in [0.25, 0.3) is 0 Å². The molecule has 0 bridgehead atoms. The van der Waals surface area contributed by atoms with Crippen molar-refractivity contribution in [2.45, 2.75) is 13.3 Å². The molecule has 0 aromatic heterocycles. The summed E-state index contributed by atoms with van der Waals surface area (Å²) in [7, 11) is 0. The van der Waals surface area contributed by atoms with Gasteiger partial charge in [-0.1, -0.05) is 43.8 Å². The van der Waals surface area contributed by atoms with Gasteiger partial charge in [0, 0.05) is 12.0 Å². The zero-order valence-corrected chi connectivity index (χ0v) is 13.8. The summed E-state index contributed by atoms with van der Waals surface area (Å²) >= 11 is 0. The van der Waals surface area contributed by atoms with Crippen molar-refractivity contribution < 1.29 is 24.2 Å². The summed E-state index contributed by atoms with van der Waals surface area (Å²) in [5.41, 5.74) is 0.377. The lowest BCUT2D eigenvalue weighted by molar-refractivity contribution is -0.134. The fraction of sp³-hybridized carbons (Fsp3) is 0.111. The fourth-order valence-corrected chi connectivity index (χ4v) is 1.81. The molecule has 0 aliphatic rings. The van der Waals surface area contributed by atoms with E-state index in [9.17, 15) is 14.7 Å². The highest BCUT2D eigenvalue weighted by atomic mass is 35.5. The van der Waals surface area contributed by atoms with Gasteiger partial charge in [-0.15, -0.1) is 12.4 Å². The summed E-state index contributed by atoms with van der Waals surface area (Å²) in [6.07, 6.45) is 0.211. The second-order valence-electron chi connectivity index (χ2n) is 4.66. The van der Waals surface area contributed by atoms with Crippen LogP contribution in [-0.4, -0.2) is 17.0 Å². The van der Waals surface area contributed by atoms with Crippen LogP contribution in [0.3, 0.4) is 0 Å². The molecule has 0 aliphatic heterocycles. The second-order valence-corrected chi connectivity index (χ2v) is 4.66. The van der Waals surface area contributed by atoms with Gasteiger partial charge >= 0.3 is 11.9 Å². The van der Waals surface area contributed by atoms with Crippen molar-refractivity contribution in [1.29, 1.82) is 0 Å². The maximum Gasteiger partial charge on any atom is 0.343 e. The molecule has 2 aromatic carbocycles. The van der Waals surface area contributed by atoms with Crippen molar-refractivity contribution in [3.05, 3.63) is 60.7 Å². The number of carbonyl (C=O) groups is 2. The molecule has 126 valence electrons. The number of hydrogen-bond acceptors (Lipinski definition) is 5. The molecule has 0 heterocycles. The minimum Gasteiger partial charge on any atom is -0.504 e. The van der Waals surface area contributed by atoms with Crippen LogP contribution in [-0.2, 0) is 9.59 Å². The average Bonchev–Trinajstić information content (AvgIpc) is 2.56. The van der Waals surface area contributed by atoms with Gasteiger partial charge in [0.05, 0.1) is 5.57 Å². The number of aromatic hydroxyl groups is 1. The molecule has 6 heteroatoms. The van der Waals surface area contributed by atoms with Crippen LogP contribution in [0.2, 0.25) is 0 Å². The molecule has 0 amide bonds. The van der Waals surface area contributed by atoms with E-state index in [2.05, 4.69) is 6.58 Å². The number of rotatable bonds is 5. The molecule has 2 rings (SSSR count). The summed E-state index contributed by atoms with van der Waals surface area (Å²) in [6, 6.07) is 12.7. The first-order valence-electron chi connectivity index (χ1n) is 7.02. The molecule has 0 saturated heterocycles. The molecule has 24 heavy (non-hydrogen) atoms. The van der Waals surface area contributed by atoms with Crippen LogP contribution < -0.4 is 9.47 Å². The first kappa shape index (κ1) is 19.3. The van der Waals surface area contributed by atoms with Crippen molar-refractivity contribution >= 4 is 29.9 Å². The van der Waals surface area contributed by atoms with Crippen LogP contribution in [0.1, 0.15) is 18.9 Å². The molecule has 0 aliphatic carbocycles. The smallest absolute Gasteiger partial charge is 0.343 e. The van der Waals surface area contributed by atoms with E-state index in [-0.39, 0.29) is 41.6 Å². The number of phenols is 1. The van der Waals surface area contributed by atoms with E-state index in [1.54, 1.807) is 43.3 Å². The maximum absolute atomic E-state index is 12.2. The lowest BCUT2D eigenvalue weighted by Crippen LogP contribution is -2.12. The third kappa shape index (κ3) is 4.60. The third-order valence-corrected chi connectivity index (χ3v) is 3.04. The van der Waals surface area contributed by atoms with Gasteiger partial charge < -0.3 is 14.6 Å². The Labute approximate surface area is 145 Å². The molecule has 1 N–H and O–H groups in total. The van der Waals surface area contributed by atoms with Gasteiger partial charge in [0.1, 0.15) is 5.75 Å². The zero-order chi connectivity index (χ0) is 16.8. The van der Waals surface area contributed by atoms with Gasteiger partial charge in [-0.2, -0.15) is 0 Å². The number of halogens is 1. The van der Waals surface area contributed by atoms with Gasteiger partial charge in [-0.3, -0.25) is 4.79 Å². The first-order valence-corrected chi connectivity index (χ1v) is 7.02. The van der Waals surface area contributed by atoms with E-state index in [0.717, 1.165) is 0 Å². The van der Waals surface area contributed by atoms with E-state index in [4.69, 9.17) is 9.47 Å². The number of esters is 2. The molecular formula is C18H17ClO5. The van der Waals surface area contributed by atoms with Crippen molar-refractivity contribution in [2.75, 3.05) is 0 Å². The first-order chi connectivity index (χ1) is 11.0. The Morgan fingerprint density at radius 2 is 1.58 bits per heavy atom. The highest BCUT2D eigenvalue weighted by Gasteiger charge is 2.18. The predicted molar refractivity (Wildman–Crippen MR) is 92.4 cm³/mol. The lowest BCUT2D eigenvalue weighted by Gasteiger charge is -2.12. The van der Waals surface area contributed by atoms with Crippen molar-refractivity contribution in [1.82, 2.24) is 0 Å². The Hall–Kier alpha value is -2.79. The van der Waals surface area contributed by atoms with Gasteiger partial charge in [-0.25, -0.2) is 4.79 Å². The molecule has 0 unspecified atom stereocenters. The molecule has 0 radical (unpaired) electrons. The van der Waals surface area contributed by atoms with E-state index in [0.29, 0.717) is 5.56 Å². The number of benzene rings is 2. The second kappa shape index (κ2) is 8.74. The topological polar surface area (TPSA) is 72.8 Å². The zero-order valence-electron chi connectivity index (χ0n) is 13.0. The van der Waals surface area contributed by atoms with E-state index in [1.165, 1.54) is 12.1 Å². The number of carbonyl (C=O) groups excluding carboxylic acids is 2. The Bertz CT molecular complexity index is 755. The number of ether oxygens (including phenoxy) is 2. The van der Waals surface area contributed by atoms with Crippen LogP contribution in [0, 0.1) is 0 Å². The van der Waals surface area contributed by atoms with E-state index in [1.807, 2.05) is 0 Å². The number of hydrogen-bond donors (Lipinski definition) is 1. The van der Waals surface area contributed by atoms with Crippen LogP contribution in [0.5, 0.6) is 17.2 Å². The monoisotopic (exact) mass is 348 g/mol. The summed E-state index contributed by atoms with van der Waals surface area (Å²) in [5, 5.41) is 9.64. The quantitative estimate of drug-likeness (QED) is 0.506. The third-order valence-electron chi connectivity index (χ3n) is 3.04. The SMILES string of the molecule is C=C(C(=O)Oc1ccccc1O)c1ccccc1OC(=O)CC.Cl. The molecule has 0 fully saturated rings. The van der Waals surface area contributed by atoms with Crippen LogP contribution in [0.15, 0.2) is 55.1 Å². The van der Waals surface area contributed by atoms with Crippen molar-refractivity contribution in [2.24, 2.45) is 0 Å². The molecule has 0 saturated carbocycles. The highest BCUT2D eigenvalue weighted by molar-refractivity contribution is 6.17. The molecule has 0 atom stereocenters. The average molecular weight is 349 g/mol. The van der Waals surface area contributed by atoms with Crippen LogP contribution >= 0.6 is 12.4 Å².